The number of rotatable bonds is 4. The molecule has 1 atom stereocenters. The van der Waals surface area contributed by atoms with Crippen LogP contribution in [0.15, 0.2) is 4.99 Å². The molecule has 3 fully saturated rings. The first kappa shape index (κ1) is 17.8. The quantitative estimate of drug-likeness (QED) is 0.636. The Kier molecular flexibility index (Phi) is 5.16. The van der Waals surface area contributed by atoms with Crippen LogP contribution in [-0.4, -0.2) is 45.0 Å². The molecule has 1 aromatic rings. The van der Waals surface area contributed by atoms with E-state index < -0.39 is 0 Å². The van der Waals surface area contributed by atoms with Crippen molar-refractivity contribution in [3.05, 3.63) is 11.6 Å². The minimum Gasteiger partial charge on any atom is -0.375 e. The van der Waals surface area contributed by atoms with Gasteiger partial charge >= 0.3 is 0 Å². The Morgan fingerprint density at radius 3 is 2.58 bits per heavy atom. The van der Waals surface area contributed by atoms with Crippen LogP contribution in [0, 0.1) is 6.92 Å². The maximum absolute atomic E-state index is 6.07. The molecule has 2 saturated carbocycles. The fourth-order valence-corrected chi connectivity index (χ4v) is 4.40. The molecule has 4 rings (SSSR count). The number of aryl methyl sites for hydroxylation is 1. The average molecular weight is 361 g/mol. The van der Waals surface area contributed by atoms with Crippen LogP contribution in [0.25, 0.3) is 0 Å². The van der Waals surface area contributed by atoms with E-state index in [0.29, 0.717) is 18.6 Å². The van der Waals surface area contributed by atoms with Crippen LogP contribution < -0.4 is 10.6 Å². The summed E-state index contributed by atoms with van der Waals surface area (Å²) in [6.45, 7) is 3.38. The average Bonchev–Trinajstić information content (AvgIpc) is 3.23. The molecular weight excluding hydrogens is 328 g/mol. The SMILES string of the molecule is Cc1nnc(CN=C(NC2CCCC2)NC2CCOC3(CCC3)C2)n1C. The maximum atomic E-state index is 6.07. The van der Waals surface area contributed by atoms with Gasteiger partial charge in [0, 0.05) is 25.7 Å². The van der Waals surface area contributed by atoms with Gasteiger partial charge in [-0.2, -0.15) is 0 Å². The number of hydrogen-bond acceptors (Lipinski definition) is 4. The molecule has 1 unspecified atom stereocenters. The number of nitrogens with zero attached hydrogens (tertiary/aromatic N) is 4. The molecule has 1 spiro atoms. The van der Waals surface area contributed by atoms with E-state index in [9.17, 15) is 0 Å². The van der Waals surface area contributed by atoms with Gasteiger partial charge in [0.1, 0.15) is 12.4 Å². The third-order valence-electron chi connectivity index (χ3n) is 6.36. The van der Waals surface area contributed by atoms with E-state index in [2.05, 4.69) is 20.8 Å². The summed E-state index contributed by atoms with van der Waals surface area (Å²) in [7, 11) is 2.00. The van der Waals surface area contributed by atoms with E-state index in [0.717, 1.165) is 37.1 Å². The lowest BCUT2D eigenvalue weighted by atomic mass is 9.74. The molecule has 144 valence electrons. The van der Waals surface area contributed by atoms with Gasteiger partial charge < -0.3 is 19.9 Å². The zero-order valence-electron chi connectivity index (χ0n) is 16.1. The molecule has 0 amide bonds. The van der Waals surface area contributed by atoms with E-state index in [1.165, 1.54) is 44.9 Å². The van der Waals surface area contributed by atoms with Crippen molar-refractivity contribution < 1.29 is 4.74 Å². The summed E-state index contributed by atoms with van der Waals surface area (Å²) in [5.41, 5.74) is 0.148. The zero-order valence-corrected chi connectivity index (χ0v) is 16.1. The van der Waals surface area contributed by atoms with Crippen LogP contribution in [0.5, 0.6) is 0 Å². The van der Waals surface area contributed by atoms with Gasteiger partial charge in [-0.15, -0.1) is 10.2 Å². The second kappa shape index (κ2) is 7.55. The van der Waals surface area contributed by atoms with E-state index in [1.807, 2.05) is 18.5 Å². The number of ether oxygens (including phenoxy) is 1. The number of hydrogen-bond donors (Lipinski definition) is 2. The Labute approximate surface area is 156 Å². The largest absolute Gasteiger partial charge is 0.375 e. The van der Waals surface area contributed by atoms with Crippen molar-refractivity contribution in [3.8, 4) is 0 Å². The normalized spacial score (nSPS) is 26.1. The van der Waals surface area contributed by atoms with Gasteiger partial charge in [-0.25, -0.2) is 4.99 Å². The van der Waals surface area contributed by atoms with Gasteiger partial charge in [0.15, 0.2) is 11.8 Å². The predicted molar refractivity (Wildman–Crippen MR) is 101 cm³/mol. The predicted octanol–water partition coefficient (Wildman–Crippen LogP) is 2.20. The molecule has 7 heteroatoms. The highest BCUT2D eigenvalue weighted by atomic mass is 16.5. The molecule has 0 bridgehead atoms. The van der Waals surface area contributed by atoms with Crippen LogP contribution in [0.3, 0.4) is 0 Å². The smallest absolute Gasteiger partial charge is 0.192 e. The van der Waals surface area contributed by atoms with E-state index in [-0.39, 0.29) is 5.60 Å². The third kappa shape index (κ3) is 3.87. The van der Waals surface area contributed by atoms with Gasteiger partial charge in [0.05, 0.1) is 5.60 Å². The van der Waals surface area contributed by atoms with Gasteiger partial charge in [0.25, 0.3) is 0 Å². The third-order valence-corrected chi connectivity index (χ3v) is 6.36. The first-order valence-electron chi connectivity index (χ1n) is 10.2. The summed E-state index contributed by atoms with van der Waals surface area (Å²) >= 11 is 0. The van der Waals surface area contributed by atoms with Crippen LogP contribution in [0.1, 0.15) is 69.4 Å². The summed E-state index contributed by atoms with van der Waals surface area (Å²) < 4.78 is 8.08. The van der Waals surface area contributed by atoms with E-state index in [1.54, 1.807) is 0 Å². The molecule has 0 aromatic carbocycles. The van der Waals surface area contributed by atoms with Crippen LogP contribution in [-0.2, 0) is 18.3 Å². The summed E-state index contributed by atoms with van der Waals surface area (Å²) in [4.78, 5) is 4.85. The minimum atomic E-state index is 0.148. The standard InChI is InChI=1S/C19H32N6O/c1-14-23-24-17(25(14)2)13-20-18(21-15-6-3-4-7-15)22-16-8-11-26-19(12-16)9-5-10-19/h15-16H,3-13H2,1-2H3,(H2,20,21,22). The van der Waals surface area contributed by atoms with Crippen molar-refractivity contribution in [1.29, 1.82) is 0 Å². The van der Waals surface area contributed by atoms with E-state index in [4.69, 9.17) is 9.73 Å². The first-order valence-corrected chi connectivity index (χ1v) is 10.2. The second-order valence-electron chi connectivity index (χ2n) is 8.23. The fourth-order valence-electron chi connectivity index (χ4n) is 4.40. The molecule has 2 heterocycles. The molecule has 2 N–H and O–H groups in total. The summed E-state index contributed by atoms with van der Waals surface area (Å²) in [6, 6.07) is 0.984. The van der Waals surface area contributed by atoms with Crippen LogP contribution >= 0.6 is 0 Å². The Morgan fingerprint density at radius 1 is 1.15 bits per heavy atom. The maximum Gasteiger partial charge on any atom is 0.192 e. The lowest BCUT2D eigenvalue weighted by Crippen LogP contribution is -2.54. The lowest BCUT2D eigenvalue weighted by molar-refractivity contribution is -0.134. The van der Waals surface area contributed by atoms with Gasteiger partial charge in [-0.3, -0.25) is 0 Å². The molecule has 2 aliphatic carbocycles. The Bertz CT molecular complexity index is 644. The second-order valence-corrected chi connectivity index (χ2v) is 8.23. The molecular formula is C19H32N6O. The van der Waals surface area contributed by atoms with Crippen molar-refractivity contribution >= 4 is 5.96 Å². The summed E-state index contributed by atoms with van der Waals surface area (Å²) in [6.07, 6.45) is 11.0. The fraction of sp³-hybridized carbons (Fsp3) is 0.842. The molecule has 26 heavy (non-hydrogen) atoms. The Balaban J connectivity index is 1.43. The van der Waals surface area contributed by atoms with Gasteiger partial charge in [-0.05, 0) is 51.9 Å². The van der Waals surface area contributed by atoms with Crippen molar-refractivity contribution in [2.75, 3.05) is 6.61 Å². The highest BCUT2D eigenvalue weighted by molar-refractivity contribution is 5.80. The monoisotopic (exact) mass is 360 g/mol. The summed E-state index contributed by atoms with van der Waals surface area (Å²) in [5, 5.41) is 15.7. The molecule has 0 radical (unpaired) electrons. The first-order chi connectivity index (χ1) is 12.6. The Morgan fingerprint density at radius 2 is 1.92 bits per heavy atom. The van der Waals surface area contributed by atoms with Gasteiger partial charge in [-0.1, -0.05) is 12.8 Å². The Hall–Kier alpha value is -1.63. The molecule has 3 aliphatic rings. The minimum absolute atomic E-state index is 0.148. The summed E-state index contributed by atoms with van der Waals surface area (Å²) in [5.74, 6) is 2.75. The van der Waals surface area contributed by atoms with Crippen molar-refractivity contribution in [2.45, 2.75) is 88.9 Å². The number of guanidine groups is 1. The van der Waals surface area contributed by atoms with Gasteiger partial charge in [0.2, 0.25) is 0 Å². The zero-order chi connectivity index (χ0) is 18.0. The molecule has 1 aromatic heterocycles. The molecule has 1 aliphatic heterocycles. The highest BCUT2D eigenvalue weighted by Gasteiger charge is 2.42. The molecule has 1 saturated heterocycles. The van der Waals surface area contributed by atoms with Crippen molar-refractivity contribution in [2.24, 2.45) is 12.0 Å². The lowest BCUT2D eigenvalue weighted by Gasteiger charge is -2.47. The number of aromatic nitrogens is 3. The van der Waals surface area contributed by atoms with Crippen LogP contribution in [0.4, 0.5) is 0 Å². The number of nitrogens with one attached hydrogen (secondary N) is 2. The highest BCUT2D eigenvalue weighted by Crippen LogP contribution is 2.42. The van der Waals surface area contributed by atoms with E-state index >= 15 is 0 Å². The number of aliphatic imine (C=N–C) groups is 1. The van der Waals surface area contributed by atoms with Crippen LogP contribution in [0.2, 0.25) is 0 Å². The van der Waals surface area contributed by atoms with Crippen molar-refractivity contribution in [3.63, 3.8) is 0 Å². The molecule has 7 nitrogen and oxygen atoms in total. The van der Waals surface area contributed by atoms with Crippen molar-refractivity contribution in [1.82, 2.24) is 25.4 Å². The topological polar surface area (TPSA) is 76.4 Å².